The molecule has 1 heterocycles. The fourth-order valence-corrected chi connectivity index (χ4v) is 8.12. The van der Waals surface area contributed by atoms with Gasteiger partial charge in [0.1, 0.15) is 31.6 Å². The molecule has 0 bridgehead atoms. The molecule has 0 spiro atoms. The van der Waals surface area contributed by atoms with E-state index in [0.717, 1.165) is 69.2 Å². The van der Waals surface area contributed by atoms with Crippen molar-refractivity contribution in [2.24, 2.45) is 0 Å². The van der Waals surface area contributed by atoms with Gasteiger partial charge in [0, 0.05) is 111 Å². The van der Waals surface area contributed by atoms with E-state index in [1.807, 2.05) is 0 Å². The summed E-state index contributed by atoms with van der Waals surface area (Å²) in [4.78, 5) is 139. The predicted octanol–water partition coefficient (Wildman–Crippen LogP) is 3.24. The molecule has 1 aliphatic carbocycles. The number of hydrogen-bond donors (Lipinski definition) is 1. The molecule has 0 amide bonds. The Bertz CT molecular complexity index is 2960. The number of ether oxygens (including phenoxy) is 10. The molecule has 2 aliphatic rings. The Labute approximate surface area is 440 Å². The number of nitrogens with zero attached hydrogens (tertiary/aromatic N) is 2. The molecule has 1 N–H and O–H groups in total. The maximum absolute atomic E-state index is 12.9. The average Bonchev–Trinajstić information content (AvgIpc) is 3.34. The van der Waals surface area contributed by atoms with Gasteiger partial charge in [-0.3, -0.25) is 47.9 Å². The van der Waals surface area contributed by atoms with Gasteiger partial charge in [-0.25, -0.2) is 4.79 Å². The summed E-state index contributed by atoms with van der Waals surface area (Å²) in [6, 6.07) is 15.1. The number of anilines is 1. The van der Waals surface area contributed by atoms with Gasteiger partial charge in [0.15, 0.2) is 30.5 Å². The van der Waals surface area contributed by atoms with Gasteiger partial charge in [0.25, 0.3) is 0 Å². The first-order chi connectivity index (χ1) is 36.1. The smallest absolute Gasteiger partial charge is 0.341 e. The van der Waals surface area contributed by atoms with Crippen LogP contribution in [0.5, 0.6) is 0 Å². The van der Waals surface area contributed by atoms with E-state index in [1.54, 1.807) is 24.3 Å². The van der Waals surface area contributed by atoms with Crippen LogP contribution in [-0.2, 0) is 95.3 Å². The van der Waals surface area contributed by atoms with Gasteiger partial charge in [0.2, 0.25) is 17.7 Å². The number of aromatic carboxylic acids is 1. The average molecular weight is 1080 g/mol. The summed E-state index contributed by atoms with van der Waals surface area (Å²) in [5, 5.41) is 10.9. The van der Waals surface area contributed by atoms with E-state index in [9.17, 15) is 57.8 Å². The second kappa shape index (κ2) is 27.1. The van der Waals surface area contributed by atoms with Crippen LogP contribution in [0.2, 0.25) is 0 Å². The fourth-order valence-electron chi connectivity index (χ4n) is 8.12. The molecule has 8 atom stereocenters. The molecule has 0 saturated carbocycles. The van der Waals surface area contributed by atoms with Crippen LogP contribution in [0.25, 0.3) is 33.4 Å². The lowest BCUT2D eigenvalue weighted by Crippen LogP contribution is -2.58. The summed E-state index contributed by atoms with van der Waals surface area (Å²) >= 11 is 0. The minimum absolute atomic E-state index is 0.0329. The zero-order valence-corrected chi connectivity index (χ0v) is 44.1. The highest BCUT2D eigenvalue weighted by molar-refractivity contribution is 6.07. The SMILES string of the molecule is CC(=O)OCC(OC(C)=O)C(OC(C)=O)C(OC(C)=O)C(OC(C)=O)N(C)c1ccc2c(-c3ccccc3C(=O)O)c3cc/c(=[N+](/C)C(OC(C)=O)C(OC(C)=O)C(OC(C)=O)C(COC(C)=O)OC(C)=O)cc-3oc2c1. The maximum Gasteiger partial charge on any atom is 0.341 e. The van der Waals surface area contributed by atoms with Crippen molar-refractivity contribution in [3.63, 3.8) is 0 Å². The maximum atomic E-state index is 12.9. The summed E-state index contributed by atoms with van der Waals surface area (Å²) in [5.41, 5.74) is 0.913. The topological polar surface area (TPSA) is 320 Å². The highest BCUT2D eigenvalue weighted by Gasteiger charge is 2.49. The van der Waals surface area contributed by atoms with Gasteiger partial charge < -0.3 is 61.8 Å². The van der Waals surface area contributed by atoms with Crippen molar-refractivity contribution in [2.75, 3.05) is 32.2 Å². The molecule has 25 heteroatoms. The van der Waals surface area contributed by atoms with E-state index in [4.69, 9.17) is 51.8 Å². The first-order valence-electron chi connectivity index (χ1n) is 23.4. The lowest BCUT2D eigenvalue weighted by Gasteiger charge is -2.39. The van der Waals surface area contributed by atoms with Crippen LogP contribution in [0.1, 0.15) is 79.6 Å². The van der Waals surface area contributed by atoms with Crippen LogP contribution in [-0.4, -0.2) is 147 Å². The van der Waals surface area contributed by atoms with Crippen LogP contribution < -0.4 is 14.8 Å². The van der Waals surface area contributed by atoms with E-state index >= 15 is 0 Å². The summed E-state index contributed by atoms with van der Waals surface area (Å²) < 4.78 is 62.9. The van der Waals surface area contributed by atoms with Crippen molar-refractivity contribution < 1.29 is 110 Å². The molecule has 2 aromatic carbocycles. The van der Waals surface area contributed by atoms with Gasteiger partial charge >= 0.3 is 71.9 Å². The number of rotatable bonds is 23. The van der Waals surface area contributed by atoms with Gasteiger partial charge in [-0.15, -0.1) is 0 Å². The standard InChI is InChI=1S/C52H58N2O23/c1-25(55)67-23-43(69-27(3)57)46(71-29(5)59)48(73-31(7)61)50(75-33(9)63)53(11)35-17-19-39-41(21-35)77-42-22-36(18-20-40(42)45(39)37-15-13-14-16-38(37)52(65)66)54(12)51(76-34(10)64)49(74-32(8)62)47(72-30(6)60)44(70-28(4)58)24-68-26(2)56/h13-22,43-44,46-51H,23-24H2,1-12H3/p+1. The minimum Gasteiger partial charge on any atom is -0.478 e. The number of hydrogen-bond acceptors (Lipinski definition) is 23. The second-order valence-electron chi connectivity index (χ2n) is 17.1. The third kappa shape index (κ3) is 16.8. The molecule has 414 valence electrons. The number of carboxylic acid groups (broad SMARTS) is 1. The Morgan fingerprint density at radius 1 is 0.519 bits per heavy atom. The monoisotopic (exact) mass is 1080 g/mol. The van der Waals surface area contributed by atoms with Gasteiger partial charge in [-0.1, -0.05) is 18.2 Å². The van der Waals surface area contributed by atoms with Gasteiger partial charge in [0.05, 0.1) is 11.6 Å². The zero-order chi connectivity index (χ0) is 57.6. The summed E-state index contributed by atoms with van der Waals surface area (Å²) in [6.45, 7) is 8.85. The Kier molecular flexibility index (Phi) is 21.3. The molecular weight excluding hydrogens is 1020 g/mol. The Morgan fingerprint density at radius 3 is 1.47 bits per heavy atom. The predicted molar refractivity (Wildman–Crippen MR) is 263 cm³/mol. The number of benzene rings is 3. The number of carboxylic acids is 1. The quantitative estimate of drug-likeness (QED) is 0.0366. The summed E-state index contributed by atoms with van der Waals surface area (Å²) in [7, 11) is 2.79. The van der Waals surface area contributed by atoms with Gasteiger partial charge in [-0.2, -0.15) is 4.58 Å². The molecule has 0 aromatic heterocycles. The van der Waals surface area contributed by atoms with Crippen LogP contribution in [0.3, 0.4) is 0 Å². The van der Waals surface area contributed by atoms with Crippen LogP contribution >= 0.6 is 0 Å². The first kappa shape index (κ1) is 60.7. The molecule has 0 radical (unpaired) electrons. The normalized spacial score (nSPS) is 14.5. The van der Waals surface area contributed by atoms with Crippen molar-refractivity contribution in [1.29, 1.82) is 0 Å². The molecule has 4 rings (SSSR count). The number of fused-ring (bicyclic) bond motifs is 2. The van der Waals surface area contributed by atoms with Crippen LogP contribution in [0, 0.1) is 0 Å². The Balaban J connectivity index is 2.13. The Morgan fingerprint density at radius 2 is 0.987 bits per heavy atom. The molecule has 2 aromatic rings. The van der Waals surface area contributed by atoms with Crippen molar-refractivity contribution in [3.8, 4) is 22.5 Å². The summed E-state index contributed by atoms with van der Waals surface area (Å²) in [6.07, 6.45) is -14.0. The van der Waals surface area contributed by atoms with Crippen molar-refractivity contribution in [1.82, 2.24) is 4.58 Å². The molecule has 0 fully saturated rings. The van der Waals surface area contributed by atoms with Crippen LogP contribution in [0.4, 0.5) is 5.69 Å². The minimum atomic E-state index is -1.82. The summed E-state index contributed by atoms with van der Waals surface area (Å²) in [5.74, 6) is -10.5. The highest BCUT2D eigenvalue weighted by atomic mass is 16.7. The molecule has 1 aliphatic heterocycles. The molecule has 25 nitrogen and oxygen atoms in total. The van der Waals surface area contributed by atoms with E-state index in [1.165, 1.54) is 60.0 Å². The Hall–Kier alpha value is -8.90. The lowest BCUT2D eigenvalue weighted by atomic mass is 9.90. The third-order valence-electron chi connectivity index (χ3n) is 11.0. The van der Waals surface area contributed by atoms with E-state index < -0.39 is 128 Å². The van der Waals surface area contributed by atoms with E-state index in [2.05, 4.69) is 0 Å². The molecule has 8 unspecified atom stereocenters. The van der Waals surface area contributed by atoms with E-state index in [-0.39, 0.29) is 33.5 Å². The van der Waals surface area contributed by atoms with E-state index in [0.29, 0.717) is 16.5 Å². The number of esters is 10. The molecule has 77 heavy (non-hydrogen) atoms. The fraction of sp³-hybridized carbons (Fsp3) is 0.423. The van der Waals surface area contributed by atoms with Gasteiger partial charge in [-0.05, 0) is 29.8 Å². The molecule has 0 saturated heterocycles. The second-order valence-corrected chi connectivity index (χ2v) is 17.1. The van der Waals surface area contributed by atoms with Crippen molar-refractivity contribution in [3.05, 3.63) is 71.6 Å². The number of carbonyl (C=O) groups excluding carboxylic acids is 10. The number of likely N-dealkylation sites (N-methyl/N-ethyl adjacent to an activating group) is 2. The first-order valence-corrected chi connectivity index (χ1v) is 23.4. The zero-order valence-electron chi connectivity index (χ0n) is 44.1. The third-order valence-corrected chi connectivity index (χ3v) is 11.0. The van der Waals surface area contributed by atoms with Crippen LogP contribution in [0.15, 0.2) is 65.1 Å². The van der Waals surface area contributed by atoms with Crippen molar-refractivity contribution in [2.45, 2.75) is 118 Å². The lowest BCUT2D eigenvalue weighted by molar-refractivity contribution is -0.206. The number of carbonyl (C=O) groups is 11. The largest absolute Gasteiger partial charge is 0.478 e. The highest BCUT2D eigenvalue weighted by Crippen LogP contribution is 2.42. The molecular formula is C52H59N2O23+. The van der Waals surface area contributed by atoms with Crippen molar-refractivity contribution >= 4 is 82.3 Å².